The number of hydrogen-bond donors (Lipinski definition) is 1. The Hall–Kier alpha value is -0.900. The molecule has 0 bridgehead atoms. The number of anilines is 2. The van der Waals surface area contributed by atoms with Gasteiger partial charge in [-0.25, -0.2) is 0 Å². The number of rotatable bonds is 4. The van der Waals surface area contributed by atoms with Gasteiger partial charge >= 0.3 is 0 Å². The molecule has 0 amide bonds. The zero-order valence-electron chi connectivity index (χ0n) is 10.2. The monoisotopic (exact) mass is 300 g/mol. The van der Waals surface area contributed by atoms with Crippen molar-refractivity contribution in [1.82, 2.24) is 0 Å². The smallest absolute Gasteiger partial charge is 0.0931 e. The van der Waals surface area contributed by atoms with Gasteiger partial charge in [-0.05, 0) is 24.3 Å². The maximum Gasteiger partial charge on any atom is 0.0931 e. The Labute approximate surface area is 121 Å². The summed E-state index contributed by atoms with van der Waals surface area (Å²) in [5.41, 5.74) is 2.03. The minimum absolute atomic E-state index is 0.745. The largest absolute Gasteiger partial charge is 0.378 e. The summed E-state index contributed by atoms with van der Waals surface area (Å²) in [4.78, 5) is 3.20. The lowest BCUT2D eigenvalue weighted by atomic mass is 10.2. The molecule has 96 valence electrons. The van der Waals surface area contributed by atoms with Crippen LogP contribution in [-0.4, -0.2) is 14.1 Å². The third-order valence-corrected chi connectivity index (χ3v) is 4.05. The molecule has 1 heterocycles. The molecule has 1 N–H and O–H groups in total. The van der Waals surface area contributed by atoms with Gasteiger partial charge in [-0.15, -0.1) is 11.3 Å². The van der Waals surface area contributed by atoms with E-state index < -0.39 is 0 Å². The molecule has 0 spiro atoms. The molecule has 1 aromatic heterocycles. The van der Waals surface area contributed by atoms with Crippen molar-refractivity contribution in [3.8, 4) is 0 Å². The van der Waals surface area contributed by atoms with Gasteiger partial charge < -0.3 is 10.2 Å². The van der Waals surface area contributed by atoms with E-state index in [0.29, 0.717) is 0 Å². The molecule has 0 fully saturated rings. The number of nitrogens with one attached hydrogen (secondary N) is 1. The predicted octanol–water partition coefficient (Wildman–Crippen LogP) is 4.73. The van der Waals surface area contributed by atoms with E-state index in [-0.39, 0.29) is 0 Å². The number of thiophene rings is 1. The predicted molar refractivity (Wildman–Crippen MR) is 82.4 cm³/mol. The number of nitrogens with zero attached hydrogens (tertiary/aromatic N) is 1. The summed E-state index contributed by atoms with van der Waals surface area (Å²) in [5.74, 6) is 0. The second-order valence-electron chi connectivity index (χ2n) is 4.09. The minimum atomic E-state index is 0.745. The highest BCUT2D eigenvalue weighted by atomic mass is 35.5. The summed E-state index contributed by atoms with van der Waals surface area (Å²) in [5, 5.41) is 4.14. The summed E-state index contributed by atoms with van der Waals surface area (Å²) in [7, 11) is 3.96. The molecule has 0 saturated heterocycles. The third kappa shape index (κ3) is 3.10. The molecule has 2 rings (SSSR count). The van der Waals surface area contributed by atoms with E-state index in [2.05, 4.69) is 5.32 Å². The Kier molecular flexibility index (Phi) is 4.38. The lowest BCUT2D eigenvalue weighted by Crippen LogP contribution is -2.12. The molecular formula is C13H14Cl2N2S. The highest BCUT2D eigenvalue weighted by molar-refractivity contribution is 7.16. The van der Waals surface area contributed by atoms with Crippen molar-refractivity contribution in [1.29, 1.82) is 0 Å². The van der Waals surface area contributed by atoms with Gasteiger partial charge in [0.15, 0.2) is 0 Å². The van der Waals surface area contributed by atoms with Gasteiger partial charge in [-0.1, -0.05) is 29.3 Å². The van der Waals surface area contributed by atoms with E-state index >= 15 is 0 Å². The summed E-state index contributed by atoms with van der Waals surface area (Å²) in [6.45, 7) is 0.749. The SMILES string of the molecule is CN(C)c1c(Cl)cccc1NCc1ccc(Cl)s1. The first-order valence-corrected chi connectivity index (χ1v) is 7.09. The second kappa shape index (κ2) is 5.83. The van der Waals surface area contributed by atoms with Crippen LogP contribution in [0.15, 0.2) is 30.3 Å². The number of halogens is 2. The molecule has 0 atom stereocenters. The van der Waals surface area contributed by atoms with Crippen molar-refractivity contribution < 1.29 is 0 Å². The first-order chi connectivity index (χ1) is 8.58. The van der Waals surface area contributed by atoms with Crippen LogP contribution in [0.2, 0.25) is 9.36 Å². The first-order valence-electron chi connectivity index (χ1n) is 5.52. The maximum atomic E-state index is 6.21. The molecule has 2 nitrogen and oxygen atoms in total. The van der Waals surface area contributed by atoms with Crippen LogP contribution < -0.4 is 10.2 Å². The summed E-state index contributed by atoms with van der Waals surface area (Å²) in [6, 6.07) is 9.80. The van der Waals surface area contributed by atoms with E-state index in [1.54, 1.807) is 11.3 Å². The van der Waals surface area contributed by atoms with E-state index in [4.69, 9.17) is 23.2 Å². The van der Waals surface area contributed by atoms with Gasteiger partial charge in [0.05, 0.1) is 20.7 Å². The Morgan fingerprint density at radius 1 is 1.17 bits per heavy atom. The summed E-state index contributed by atoms with van der Waals surface area (Å²) >= 11 is 13.7. The summed E-state index contributed by atoms with van der Waals surface area (Å²) < 4.78 is 0.811. The quantitative estimate of drug-likeness (QED) is 0.878. The molecular weight excluding hydrogens is 287 g/mol. The maximum absolute atomic E-state index is 6.21. The van der Waals surface area contributed by atoms with E-state index in [1.807, 2.05) is 49.3 Å². The fraction of sp³-hybridized carbons (Fsp3) is 0.231. The Morgan fingerprint density at radius 3 is 2.56 bits per heavy atom. The van der Waals surface area contributed by atoms with Crippen molar-refractivity contribution in [3.63, 3.8) is 0 Å². The normalized spacial score (nSPS) is 10.4. The molecule has 0 aliphatic carbocycles. The van der Waals surface area contributed by atoms with Gasteiger partial charge in [0.1, 0.15) is 0 Å². The molecule has 0 unspecified atom stereocenters. The lowest BCUT2D eigenvalue weighted by molar-refractivity contribution is 1.11. The van der Waals surface area contributed by atoms with Gasteiger partial charge in [-0.2, -0.15) is 0 Å². The fourth-order valence-corrected chi connectivity index (χ4v) is 3.11. The van der Waals surface area contributed by atoms with Gasteiger partial charge in [-0.3, -0.25) is 0 Å². The zero-order valence-corrected chi connectivity index (χ0v) is 12.5. The van der Waals surface area contributed by atoms with Gasteiger partial charge in [0.25, 0.3) is 0 Å². The topological polar surface area (TPSA) is 15.3 Å². The van der Waals surface area contributed by atoms with Crippen LogP contribution >= 0.6 is 34.5 Å². The van der Waals surface area contributed by atoms with Crippen LogP contribution in [0.5, 0.6) is 0 Å². The minimum Gasteiger partial charge on any atom is -0.378 e. The van der Waals surface area contributed by atoms with Gasteiger partial charge in [0.2, 0.25) is 0 Å². The van der Waals surface area contributed by atoms with Gasteiger partial charge in [0, 0.05) is 25.5 Å². The van der Waals surface area contributed by atoms with Crippen molar-refractivity contribution in [2.45, 2.75) is 6.54 Å². The number of hydrogen-bond acceptors (Lipinski definition) is 3. The molecule has 2 aromatic rings. The third-order valence-electron chi connectivity index (χ3n) is 2.52. The average molecular weight is 301 g/mol. The highest BCUT2D eigenvalue weighted by Gasteiger charge is 2.08. The standard InChI is InChI=1S/C13H14Cl2N2S/c1-17(2)13-10(14)4-3-5-11(13)16-8-9-6-7-12(15)18-9/h3-7,16H,8H2,1-2H3. The van der Waals surface area contributed by atoms with Crippen LogP contribution in [0.25, 0.3) is 0 Å². The molecule has 0 radical (unpaired) electrons. The van der Waals surface area contributed by atoms with Crippen LogP contribution in [0.4, 0.5) is 11.4 Å². The summed E-state index contributed by atoms with van der Waals surface area (Å²) in [6.07, 6.45) is 0. The Bertz CT molecular complexity index is 538. The molecule has 0 saturated carbocycles. The van der Waals surface area contributed by atoms with Crippen molar-refractivity contribution >= 4 is 45.9 Å². The van der Waals surface area contributed by atoms with Crippen LogP contribution in [0.1, 0.15) is 4.88 Å². The number of para-hydroxylation sites is 1. The van der Waals surface area contributed by atoms with E-state index in [9.17, 15) is 0 Å². The molecule has 5 heteroatoms. The lowest BCUT2D eigenvalue weighted by Gasteiger charge is -2.19. The van der Waals surface area contributed by atoms with Crippen molar-refractivity contribution in [2.75, 3.05) is 24.3 Å². The molecule has 18 heavy (non-hydrogen) atoms. The van der Waals surface area contributed by atoms with Crippen molar-refractivity contribution in [2.24, 2.45) is 0 Å². The highest BCUT2D eigenvalue weighted by Crippen LogP contribution is 2.33. The molecule has 1 aromatic carbocycles. The van der Waals surface area contributed by atoms with Crippen LogP contribution in [0.3, 0.4) is 0 Å². The first kappa shape index (κ1) is 13.5. The Morgan fingerprint density at radius 2 is 1.94 bits per heavy atom. The molecule has 0 aliphatic rings. The van der Waals surface area contributed by atoms with Crippen LogP contribution in [0, 0.1) is 0 Å². The van der Waals surface area contributed by atoms with Crippen LogP contribution in [-0.2, 0) is 6.54 Å². The fourth-order valence-electron chi connectivity index (χ4n) is 1.74. The van der Waals surface area contributed by atoms with E-state index in [1.165, 1.54) is 4.88 Å². The zero-order chi connectivity index (χ0) is 13.1. The van der Waals surface area contributed by atoms with Crippen molar-refractivity contribution in [3.05, 3.63) is 44.6 Å². The van der Waals surface area contributed by atoms with E-state index in [0.717, 1.165) is 27.3 Å². The Balaban J connectivity index is 2.16. The average Bonchev–Trinajstić information content (AvgIpc) is 2.72. The molecule has 0 aliphatic heterocycles. The number of benzene rings is 1. The second-order valence-corrected chi connectivity index (χ2v) is 6.30.